The van der Waals surface area contributed by atoms with Crippen molar-refractivity contribution in [2.24, 2.45) is 5.92 Å². The van der Waals surface area contributed by atoms with Gasteiger partial charge in [-0.3, -0.25) is 4.90 Å². The van der Waals surface area contributed by atoms with Crippen LogP contribution in [0, 0.1) is 5.92 Å². The summed E-state index contributed by atoms with van der Waals surface area (Å²) in [5, 5.41) is 6.38. The number of benzene rings is 2. The summed E-state index contributed by atoms with van der Waals surface area (Å²) in [5.41, 5.74) is 1.46. The van der Waals surface area contributed by atoms with Crippen LogP contribution in [-0.2, 0) is 6.54 Å². The molecule has 3 rings (SSSR count). The molecule has 2 nitrogen and oxygen atoms in total. The zero-order chi connectivity index (χ0) is 14.7. The molecule has 0 saturated carbocycles. The van der Waals surface area contributed by atoms with E-state index in [0.29, 0.717) is 12.0 Å². The summed E-state index contributed by atoms with van der Waals surface area (Å²) in [6, 6.07) is 16.0. The van der Waals surface area contributed by atoms with Gasteiger partial charge in [-0.25, -0.2) is 0 Å². The summed E-state index contributed by atoms with van der Waals surface area (Å²) in [5.74, 6) is 0.711. The predicted molar refractivity (Wildman–Crippen MR) is 90.5 cm³/mol. The highest BCUT2D eigenvalue weighted by atomic mass is 15.1. The molecular formula is C19H26N2. The number of fused-ring (bicyclic) bond motifs is 1. The van der Waals surface area contributed by atoms with Gasteiger partial charge in [0.1, 0.15) is 0 Å². The second kappa shape index (κ2) is 6.59. The fraction of sp³-hybridized carbons (Fsp3) is 0.474. The van der Waals surface area contributed by atoms with E-state index >= 15 is 0 Å². The monoisotopic (exact) mass is 282 g/mol. The molecule has 1 saturated heterocycles. The van der Waals surface area contributed by atoms with Crippen molar-refractivity contribution in [3.05, 3.63) is 48.0 Å². The molecule has 0 bridgehead atoms. The highest BCUT2D eigenvalue weighted by molar-refractivity contribution is 5.85. The van der Waals surface area contributed by atoms with E-state index in [1.54, 1.807) is 0 Å². The van der Waals surface area contributed by atoms with Crippen LogP contribution in [0.25, 0.3) is 10.8 Å². The molecule has 21 heavy (non-hydrogen) atoms. The van der Waals surface area contributed by atoms with Crippen molar-refractivity contribution in [2.75, 3.05) is 19.6 Å². The minimum absolute atomic E-state index is 0.628. The second-order valence-electron chi connectivity index (χ2n) is 6.58. The van der Waals surface area contributed by atoms with Crippen LogP contribution in [0.3, 0.4) is 0 Å². The van der Waals surface area contributed by atoms with E-state index in [1.165, 1.54) is 35.8 Å². The molecule has 2 heteroatoms. The van der Waals surface area contributed by atoms with Crippen LogP contribution in [-0.4, -0.2) is 30.6 Å². The van der Waals surface area contributed by atoms with Gasteiger partial charge in [0.05, 0.1) is 0 Å². The minimum atomic E-state index is 0.628. The lowest BCUT2D eigenvalue weighted by Crippen LogP contribution is -2.42. The van der Waals surface area contributed by atoms with Crippen molar-refractivity contribution in [1.29, 1.82) is 0 Å². The molecule has 0 radical (unpaired) electrons. The molecule has 1 aliphatic rings. The molecule has 2 unspecified atom stereocenters. The summed E-state index contributed by atoms with van der Waals surface area (Å²) in [7, 11) is 0. The maximum Gasteiger partial charge on any atom is 0.0240 e. The standard InChI is InChI=1S/C19H26N2/c1-15-12-20-16(2)10-11-21(13-15)14-18-8-5-7-17-6-3-4-9-19(17)18/h3-9,15-16,20H,10-14H2,1-2H3. The summed E-state index contributed by atoms with van der Waals surface area (Å²) in [6.07, 6.45) is 1.23. The first-order valence-electron chi connectivity index (χ1n) is 8.15. The quantitative estimate of drug-likeness (QED) is 0.904. The Labute approximate surface area is 128 Å². The SMILES string of the molecule is CC1CNC(C)CCN(Cc2cccc3ccccc23)C1. The molecule has 0 aliphatic carbocycles. The van der Waals surface area contributed by atoms with Gasteiger partial charge in [0.2, 0.25) is 0 Å². The molecule has 1 N–H and O–H groups in total. The largest absolute Gasteiger partial charge is 0.314 e. The summed E-state index contributed by atoms with van der Waals surface area (Å²) < 4.78 is 0. The Morgan fingerprint density at radius 3 is 2.81 bits per heavy atom. The fourth-order valence-corrected chi connectivity index (χ4v) is 3.29. The lowest BCUT2D eigenvalue weighted by atomic mass is 10.0. The average molecular weight is 282 g/mol. The van der Waals surface area contributed by atoms with Crippen LogP contribution in [0.1, 0.15) is 25.8 Å². The maximum absolute atomic E-state index is 3.62. The van der Waals surface area contributed by atoms with Gasteiger partial charge in [-0.2, -0.15) is 0 Å². The van der Waals surface area contributed by atoms with Crippen LogP contribution in [0.2, 0.25) is 0 Å². The van der Waals surface area contributed by atoms with Crippen molar-refractivity contribution in [3.8, 4) is 0 Å². The van der Waals surface area contributed by atoms with Gasteiger partial charge in [0.15, 0.2) is 0 Å². The maximum atomic E-state index is 3.62. The number of nitrogens with one attached hydrogen (secondary N) is 1. The highest BCUT2D eigenvalue weighted by Gasteiger charge is 2.17. The van der Waals surface area contributed by atoms with Gasteiger partial charge in [-0.05, 0) is 48.7 Å². The predicted octanol–water partition coefficient (Wildman–Crippen LogP) is 3.66. The zero-order valence-corrected chi connectivity index (χ0v) is 13.2. The molecule has 2 aromatic rings. The van der Waals surface area contributed by atoms with Crippen LogP contribution in [0.5, 0.6) is 0 Å². The van der Waals surface area contributed by atoms with Gasteiger partial charge in [-0.15, -0.1) is 0 Å². The summed E-state index contributed by atoms with van der Waals surface area (Å²) in [6.45, 7) is 9.21. The third-order valence-corrected chi connectivity index (χ3v) is 4.54. The molecule has 2 aromatic carbocycles. The highest BCUT2D eigenvalue weighted by Crippen LogP contribution is 2.21. The Hall–Kier alpha value is -1.38. The molecule has 1 fully saturated rings. The van der Waals surface area contributed by atoms with E-state index in [9.17, 15) is 0 Å². The van der Waals surface area contributed by atoms with E-state index in [0.717, 1.165) is 13.1 Å². The van der Waals surface area contributed by atoms with Crippen molar-refractivity contribution < 1.29 is 0 Å². The lowest BCUT2D eigenvalue weighted by molar-refractivity contribution is 0.195. The minimum Gasteiger partial charge on any atom is -0.314 e. The lowest BCUT2D eigenvalue weighted by Gasteiger charge is -2.31. The molecule has 0 spiro atoms. The second-order valence-corrected chi connectivity index (χ2v) is 6.58. The van der Waals surface area contributed by atoms with Crippen molar-refractivity contribution in [2.45, 2.75) is 32.9 Å². The molecule has 1 aliphatic heterocycles. The van der Waals surface area contributed by atoms with Gasteiger partial charge >= 0.3 is 0 Å². The average Bonchev–Trinajstić information content (AvgIpc) is 2.49. The number of nitrogens with zero attached hydrogens (tertiary/aromatic N) is 1. The van der Waals surface area contributed by atoms with Crippen molar-refractivity contribution in [1.82, 2.24) is 10.2 Å². The molecule has 2 atom stereocenters. The molecule has 0 amide bonds. The van der Waals surface area contributed by atoms with E-state index in [-0.39, 0.29) is 0 Å². The topological polar surface area (TPSA) is 15.3 Å². The van der Waals surface area contributed by atoms with Crippen LogP contribution >= 0.6 is 0 Å². The zero-order valence-electron chi connectivity index (χ0n) is 13.2. The molecule has 112 valence electrons. The normalized spacial score (nSPS) is 24.7. The van der Waals surface area contributed by atoms with Crippen LogP contribution in [0.15, 0.2) is 42.5 Å². The van der Waals surface area contributed by atoms with Gasteiger partial charge in [0, 0.05) is 19.1 Å². The van der Waals surface area contributed by atoms with E-state index in [1.807, 2.05) is 0 Å². The van der Waals surface area contributed by atoms with Gasteiger partial charge in [0.25, 0.3) is 0 Å². The van der Waals surface area contributed by atoms with E-state index in [4.69, 9.17) is 0 Å². The van der Waals surface area contributed by atoms with Crippen LogP contribution in [0.4, 0.5) is 0 Å². The third-order valence-electron chi connectivity index (χ3n) is 4.54. The smallest absolute Gasteiger partial charge is 0.0240 e. The van der Waals surface area contributed by atoms with E-state index < -0.39 is 0 Å². The van der Waals surface area contributed by atoms with Crippen molar-refractivity contribution in [3.63, 3.8) is 0 Å². The fourth-order valence-electron chi connectivity index (χ4n) is 3.29. The number of hydrogen-bond donors (Lipinski definition) is 1. The summed E-state index contributed by atoms with van der Waals surface area (Å²) in [4.78, 5) is 2.63. The first kappa shape index (κ1) is 14.6. The first-order valence-corrected chi connectivity index (χ1v) is 8.15. The molecule has 0 aromatic heterocycles. The van der Waals surface area contributed by atoms with Crippen LogP contribution < -0.4 is 5.32 Å². The van der Waals surface area contributed by atoms with Crippen molar-refractivity contribution >= 4 is 10.8 Å². The molecular weight excluding hydrogens is 256 g/mol. The molecule has 1 heterocycles. The third kappa shape index (κ3) is 3.63. The van der Waals surface area contributed by atoms with E-state index in [2.05, 4.69) is 66.5 Å². The number of rotatable bonds is 2. The van der Waals surface area contributed by atoms with Gasteiger partial charge < -0.3 is 5.32 Å². The first-order chi connectivity index (χ1) is 10.2. The Morgan fingerprint density at radius 2 is 1.90 bits per heavy atom. The Bertz CT molecular complexity index is 588. The Balaban J connectivity index is 1.80. The number of hydrogen-bond acceptors (Lipinski definition) is 2. The van der Waals surface area contributed by atoms with Gasteiger partial charge in [-0.1, -0.05) is 49.4 Å². The Morgan fingerprint density at radius 1 is 1.10 bits per heavy atom. The summed E-state index contributed by atoms with van der Waals surface area (Å²) >= 11 is 0. The Kier molecular flexibility index (Phi) is 4.57.